The van der Waals surface area contributed by atoms with E-state index in [0.717, 1.165) is 30.5 Å². The van der Waals surface area contributed by atoms with Crippen molar-refractivity contribution in [3.8, 4) is 0 Å². The van der Waals surface area contributed by atoms with Crippen LogP contribution >= 0.6 is 0 Å². The molecule has 158 valence electrons. The third-order valence-electron chi connectivity index (χ3n) is 6.15. The van der Waals surface area contributed by atoms with Gasteiger partial charge < -0.3 is 9.64 Å². The van der Waals surface area contributed by atoms with Crippen molar-refractivity contribution in [2.24, 2.45) is 5.92 Å². The van der Waals surface area contributed by atoms with Crippen LogP contribution in [0.2, 0.25) is 0 Å². The first-order valence-corrected chi connectivity index (χ1v) is 10.9. The number of ether oxygens (including phenoxy) is 1. The molecule has 1 aliphatic heterocycles. The smallest absolute Gasteiger partial charge is 0.331 e. The number of hydrogen-bond acceptors (Lipinski definition) is 4. The number of piperidine rings is 1. The van der Waals surface area contributed by atoms with E-state index in [0.29, 0.717) is 18.5 Å². The molecule has 0 N–H and O–H groups in total. The van der Waals surface area contributed by atoms with Crippen molar-refractivity contribution in [1.82, 2.24) is 14.7 Å². The molecule has 2 aliphatic rings. The fourth-order valence-electron chi connectivity index (χ4n) is 4.69. The quantitative estimate of drug-likeness (QED) is 0.541. The molecule has 2 fully saturated rings. The van der Waals surface area contributed by atoms with Gasteiger partial charge in [0.05, 0.1) is 12.7 Å². The Labute approximate surface area is 177 Å². The zero-order valence-electron chi connectivity index (χ0n) is 17.3. The lowest BCUT2D eigenvalue weighted by atomic mass is 9.78. The van der Waals surface area contributed by atoms with Gasteiger partial charge in [0.1, 0.15) is 0 Å². The van der Waals surface area contributed by atoms with E-state index in [4.69, 9.17) is 4.74 Å². The summed E-state index contributed by atoms with van der Waals surface area (Å²) in [5, 5.41) is 4.32. The number of carbonyl (C=O) groups is 2. The van der Waals surface area contributed by atoms with E-state index in [2.05, 4.69) is 5.10 Å². The predicted molar refractivity (Wildman–Crippen MR) is 114 cm³/mol. The molecule has 2 atom stereocenters. The van der Waals surface area contributed by atoms with Crippen LogP contribution in [-0.4, -0.2) is 45.8 Å². The summed E-state index contributed by atoms with van der Waals surface area (Å²) >= 11 is 0. The van der Waals surface area contributed by atoms with Crippen molar-refractivity contribution in [3.05, 3.63) is 59.9 Å². The summed E-state index contributed by atoms with van der Waals surface area (Å²) in [5.74, 6) is 0.0554. The van der Waals surface area contributed by atoms with Crippen LogP contribution in [0.15, 0.2) is 48.8 Å². The maximum Gasteiger partial charge on any atom is 0.331 e. The van der Waals surface area contributed by atoms with Crippen molar-refractivity contribution in [1.29, 1.82) is 0 Å². The molecule has 1 amide bonds. The topological polar surface area (TPSA) is 64.4 Å². The Morgan fingerprint density at radius 3 is 2.77 bits per heavy atom. The first-order chi connectivity index (χ1) is 14.7. The Morgan fingerprint density at radius 2 is 1.90 bits per heavy atom. The molecule has 1 aromatic carbocycles. The minimum atomic E-state index is -0.503. The number of likely N-dealkylation sites (tertiary alicyclic amines) is 1. The Balaban J connectivity index is 1.25. The second-order valence-corrected chi connectivity index (χ2v) is 8.24. The van der Waals surface area contributed by atoms with Crippen molar-refractivity contribution < 1.29 is 14.3 Å². The van der Waals surface area contributed by atoms with Gasteiger partial charge in [-0.25, -0.2) is 4.79 Å². The molecule has 4 rings (SSSR count). The molecule has 0 radical (unpaired) electrons. The van der Waals surface area contributed by atoms with E-state index in [-0.39, 0.29) is 12.5 Å². The van der Waals surface area contributed by atoms with Crippen LogP contribution in [-0.2, 0) is 20.9 Å². The monoisotopic (exact) mass is 407 g/mol. The van der Waals surface area contributed by atoms with Crippen molar-refractivity contribution >= 4 is 18.0 Å². The highest BCUT2D eigenvalue weighted by molar-refractivity contribution is 5.89. The number of fused-ring (bicyclic) bond motifs is 1. The normalized spacial score (nSPS) is 21.4. The summed E-state index contributed by atoms with van der Waals surface area (Å²) in [7, 11) is 0. The highest BCUT2D eigenvalue weighted by Crippen LogP contribution is 2.35. The third kappa shape index (κ3) is 5.17. The number of hydrogen-bond donors (Lipinski definition) is 0. The Kier molecular flexibility index (Phi) is 6.62. The highest BCUT2D eigenvalue weighted by Gasteiger charge is 2.35. The molecule has 6 heteroatoms. The van der Waals surface area contributed by atoms with Crippen LogP contribution in [0, 0.1) is 5.92 Å². The molecule has 2 aromatic rings. The van der Waals surface area contributed by atoms with E-state index in [1.54, 1.807) is 12.3 Å². The minimum absolute atomic E-state index is 0.0657. The van der Waals surface area contributed by atoms with E-state index in [1.165, 1.54) is 31.8 Å². The van der Waals surface area contributed by atoms with Gasteiger partial charge in [-0.1, -0.05) is 43.2 Å². The largest absolute Gasteiger partial charge is 0.452 e. The SMILES string of the molecule is O=C(/C=C/c1cnn(Cc2ccccc2)c1)OCC(=O)N1CCC[C@H]2CCCC[C@H]21. The second-order valence-electron chi connectivity index (χ2n) is 8.24. The maximum absolute atomic E-state index is 12.6. The Hall–Kier alpha value is -2.89. The Morgan fingerprint density at radius 1 is 1.10 bits per heavy atom. The average molecular weight is 408 g/mol. The van der Waals surface area contributed by atoms with Crippen molar-refractivity contribution in [3.63, 3.8) is 0 Å². The zero-order valence-corrected chi connectivity index (χ0v) is 17.3. The van der Waals surface area contributed by atoms with Crippen LogP contribution in [0.1, 0.15) is 49.7 Å². The summed E-state index contributed by atoms with van der Waals surface area (Å²) < 4.78 is 7.04. The third-order valence-corrected chi connectivity index (χ3v) is 6.15. The molecular weight excluding hydrogens is 378 g/mol. The maximum atomic E-state index is 12.6. The van der Waals surface area contributed by atoms with Gasteiger partial charge >= 0.3 is 5.97 Å². The predicted octanol–water partition coefficient (Wildman–Crippen LogP) is 3.67. The minimum Gasteiger partial charge on any atom is -0.452 e. The van der Waals surface area contributed by atoms with Gasteiger partial charge in [-0.2, -0.15) is 5.10 Å². The molecule has 1 aromatic heterocycles. The molecule has 2 heterocycles. The number of esters is 1. The molecule has 1 aliphatic carbocycles. The first-order valence-electron chi connectivity index (χ1n) is 10.9. The number of carbonyl (C=O) groups excluding carboxylic acids is 2. The van der Waals surface area contributed by atoms with Gasteiger partial charge in [0, 0.05) is 30.4 Å². The molecular formula is C24H29N3O3. The van der Waals surface area contributed by atoms with E-state index in [9.17, 15) is 9.59 Å². The second kappa shape index (κ2) is 9.74. The van der Waals surface area contributed by atoms with Gasteiger partial charge in [0.25, 0.3) is 5.91 Å². The number of benzene rings is 1. The lowest BCUT2D eigenvalue weighted by Crippen LogP contribution is -2.50. The summed E-state index contributed by atoms with van der Waals surface area (Å²) in [6.45, 7) is 1.28. The van der Waals surface area contributed by atoms with Gasteiger partial charge in [-0.05, 0) is 43.2 Å². The molecule has 1 saturated carbocycles. The molecule has 30 heavy (non-hydrogen) atoms. The zero-order chi connectivity index (χ0) is 20.8. The van der Waals surface area contributed by atoms with E-state index in [1.807, 2.05) is 46.1 Å². The average Bonchev–Trinajstić information content (AvgIpc) is 3.23. The number of aromatic nitrogens is 2. The highest BCUT2D eigenvalue weighted by atomic mass is 16.5. The summed E-state index contributed by atoms with van der Waals surface area (Å²) in [5.41, 5.74) is 1.97. The van der Waals surface area contributed by atoms with Gasteiger partial charge in [-0.3, -0.25) is 9.48 Å². The molecule has 0 unspecified atom stereocenters. The number of amides is 1. The van der Waals surface area contributed by atoms with Crippen LogP contribution < -0.4 is 0 Å². The van der Waals surface area contributed by atoms with E-state index < -0.39 is 5.97 Å². The van der Waals surface area contributed by atoms with Gasteiger partial charge in [0.2, 0.25) is 0 Å². The first kappa shape index (κ1) is 20.4. The van der Waals surface area contributed by atoms with Crippen LogP contribution in [0.5, 0.6) is 0 Å². The van der Waals surface area contributed by atoms with Crippen LogP contribution in [0.3, 0.4) is 0 Å². The molecule has 6 nitrogen and oxygen atoms in total. The van der Waals surface area contributed by atoms with E-state index >= 15 is 0 Å². The molecule has 1 saturated heterocycles. The Bertz CT molecular complexity index is 888. The summed E-state index contributed by atoms with van der Waals surface area (Å²) in [6.07, 6.45) is 13.6. The summed E-state index contributed by atoms with van der Waals surface area (Å²) in [6, 6.07) is 10.4. The number of nitrogens with zero attached hydrogens (tertiary/aromatic N) is 3. The lowest BCUT2D eigenvalue weighted by molar-refractivity contribution is -0.151. The lowest BCUT2D eigenvalue weighted by Gasteiger charge is -2.44. The summed E-state index contributed by atoms with van der Waals surface area (Å²) in [4.78, 5) is 26.7. The van der Waals surface area contributed by atoms with Gasteiger partial charge in [-0.15, -0.1) is 0 Å². The van der Waals surface area contributed by atoms with Crippen LogP contribution in [0.4, 0.5) is 0 Å². The van der Waals surface area contributed by atoms with Crippen molar-refractivity contribution in [2.75, 3.05) is 13.2 Å². The molecule has 0 bridgehead atoms. The van der Waals surface area contributed by atoms with Crippen molar-refractivity contribution in [2.45, 2.75) is 51.1 Å². The fraction of sp³-hybridized carbons (Fsp3) is 0.458. The molecule has 0 spiro atoms. The standard InChI is InChI=1S/C24H29N3O3/c28-23(27-14-6-10-21-9-4-5-11-22(21)27)18-30-24(29)13-12-20-15-25-26(17-20)16-19-7-2-1-3-8-19/h1-3,7-8,12-13,15,17,21-22H,4-6,9-11,14,16,18H2/b13-12+/t21-,22-/m1/s1. The number of rotatable bonds is 6. The van der Waals surface area contributed by atoms with Crippen LogP contribution in [0.25, 0.3) is 6.08 Å². The van der Waals surface area contributed by atoms with Gasteiger partial charge in [0.15, 0.2) is 6.61 Å². The fourth-order valence-corrected chi connectivity index (χ4v) is 4.69.